The van der Waals surface area contributed by atoms with Gasteiger partial charge in [-0.25, -0.2) is 9.78 Å². The molecule has 128 valence electrons. The average molecular weight is 330 g/mol. The maximum Gasteiger partial charge on any atom is 0.411 e. The molecule has 0 bridgehead atoms. The molecule has 0 unspecified atom stereocenters. The van der Waals surface area contributed by atoms with Gasteiger partial charge in [-0.3, -0.25) is 5.32 Å². The first-order chi connectivity index (χ1) is 11.8. The summed E-state index contributed by atoms with van der Waals surface area (Å²) in [6, 6.07) is 5.59. The van der Waals surface area contributed by atoms with Gasteiger partial charge in [-0.1, -0.05) is 13.3 Å². The first-order valence-electron chi connectivity index (χ1n) is 8.19. The van der Waals surface area contributed by atoms with Gasteiger partial charge >= 0.3 is 6.09 Å². The van der Waals surface area contributed by atoms with Crippen molar-refractivity contribution < 1.29 is 14.3 Å². The van der Waals surface area contributed by atoms with Crippen LogP contribution in [0.5, 0.6) is 5.75 Å². The molecule has 1 amide bonds. The zero-order valence-corrected chi connectivity index (χ0v) is 13.7. The summed E-state index contributed by atoms with van der Waals surface area (Å²) in [6.07, 6.45) is 4.97. The van der Waals surface area contributed by atoms with Gasteiger partial charge in [0, 0.05) is 11.9 Å². The number of unbranched alkanes of at least 4 members (excludes halogenated alkanes) is 1. The van der Waals surface area contributed by atoms with Crippen molar-refractivity contribution in [1.29, 1.82) is 0 Å². The number of ether oxygens (including phenoxy) is 2. The fourth-order valence-electron chi connectivity index (χ4n) is 2.55. The molecule has 1 aromatic carbocycles. The van der Waals surface area contributed by atoms with E-state index in [9.17, 15) is 4.79 Å². The highest BCUT2D eigenvalue weighted by atomic mass is 16.5. The van der Waals surface area contributed by atoms with Crippen LogP contribution in [0.25, 0.3) is 0 Å². The van der Waals surface area contributed by atoms with Crippen molar-refractivity contribution in [3.05, 3.63) is 36.4 Å². The molecule has 2 N–H and O–H groups in total. The lowest BCUT2D eigenvalue weighted by molar-refractivity contribution is 0.160. The minimum absolute atomic E-state index is 0.432. The zero-order chi connectivity index (χ0) is 16.8. The Kier molecular flexibility index (Phi) is 5.20. The third-order valence-corrected chi connectivity index (χ3v) is 3.80. The van der Waals surface area contributed by atoms with E-state index in [1.54, 1.807) is 6.33 Å². The van der Waals surface area contributed by atoms with Gasteiger partial charge in [-0.05, 0) is 24.6 Å². The van der Waals surface area contributed by atoms with Crippen LogP contribution in [0.2, 0.25) is 0 Å². The summed E-state index contributed by atoms with van der Waals surface area (Å²) in [7, 11) is 0. The lowest BCUT2D eigenvalue weighted by Crippen LogP contribution is -2.32. The van der Waals surface area contributed by atoms with Crippen LogP contribution in [0.4, 0.5) is 16.2 Å². The SMILES string of the molecule is CCCCOC(=O)Nc1ccc2c(c1)N(Cc1c[nH]cn1)CCO2. The van der Waals surface area contributed by atoms with Gasteiger partial charge in [0.25, 0.3) is 0 Å². The van der Waals surface area contributed by atoms with Crippen LogP contribution in [0.15, 0.2) is 30.7 Å². The topological polar surface area (TPSA) is 79.5 Å². The van der Waals surface area contributed by atoms with Crippen molar-refractivity contribution in [2.75, 3.05) is 30.0 Å². The normalized spacial score (nSPS) is 13.1. The Morgan fingerprint density at radius 2 is 2.42 bits per heavy atom. The van der Waals surface area contributed by atoms with E-state index in [1.807, 2.05) is 24.4 Å². The number of fused-ring (bicyclic) bond motifs is 1. The van der Waals surface area contributed by atoms with Gasteiger partial charge in [-0.15, -0.1) is 0 Å². The molecule has 24 heavy (non-hydrogen) atoms. The van der Waals surface area contributed by atoms with Crippen LogP contribution in [-0.4, -0.2) is 35.8 Å². The van der Waals surface area contributed by atoms with Gasteiger partial charge < -0.3 is 19.4 Å². The number of hydrogen-bond acceptors (Lipinski definition) is 5. The molecule has 2 heterocycles. The average Bonchev–Trinajstić information content (AvgIpc) is 3.09. The highest BCUT2D eigenvalue weighted by Gasteiger charge is 2.19. The highest BCUT2D eigenvalue weighted by Crippen LogP contribution is 2.34. The van der Waals surface area contributed by atoms with E-state index in [2.05, 4.69) is 27.1 Å². The maximum absolute atomic E-state index is 11.8. The Bertz CT molecular complexity index is 672. The van der Waals surface area contributed by atoms with Crippen LogP contribution in [0.3, 0.4) is 0 Å². The Hall–Kier alpha value is -2.70. The Balaban J connectivity index is 1.69. The third kappa shape index (κ3) is 3.98. The first kappa shape index (κ1) is 16.2. The predicted molar refractivity (Wildman–Crippen MR) is 91.5 cm³/mol. The molecular weight excluding hydrogens is 308 g/mol. The standard InChI is InChI=1S/C17H22N4O3/c1-2-3-7-24-17(22)20-13-4-5-16-15(9-13)21(6-8-23-16)11-14-10-18-12-19-14/h4-5,9-10,12H,2-3,6-8,11H2,1H3,(H,18,19)(H,20,22). The van der Waals surface area contributed by atoms with Crippen molar-refractivity contribution in [2.24, 2.45) is 0 Å². The van der Waals surface area contributed by atoms with Crippen molar-refractivity contribution in [1.82, 2.24) is 9.97 Å². The zero-order valence-electron chi connectivity index (χ0n) is 13.7. The number of carbonyl (C=O) groups is 1. The number of amides is 1. The molecule has 1 aromatic heterocycles. The number of nitrogens with one attached hydrogen (secondary N) is 2. The van der Waals surface area contributed by atoms with Crippen LogP contribution in [0, 0.1) is 0 Å². The fourth-order valence-corrected chi connectivity index (χ4v) is 2.55. The molecular formula is C17H22N4O3. The van der Waals surface area contributed by atoms with Gasteiger partial charge in [0.05, 0.1) is 37.4 Å². The smallest absolute Gasteiger partial charge is 0.411 e. The van der Waals surface area contributed by atoms with Gasteiger partial charge in [0.2, 0.25) is 0 Å². The maximum atomic E-state index is 11.8. The number of aromatic nitrogens is 2. The number of carbonyl (C=O) groups excluding carboxylic acids is 1. The van der Waals surface area contributed by atoms with E-state index >= 15 is 0 Å². The summed E-state index contributed by atoms with van der Waals surface area (Å²) >= 11 is 0. The summed E-state index contributed by atoms with van der Waals surface area (Å²) in [5, 5.41) is 2.77. The van der Waals surface area contributed by atoms with Crippen LogP contribution >= 0.6 is 0 Å². The van der Waals surface area contributed by atoms with Crippen LogP contribution in [0.1, 0.15) is 25.5 Å². The van der Waals surface area contributed by atoms with Gasteiger partial charge in [0.15, 0.2) is 0 Å². The van der Waals surface area contributed by atoms with Crippen molar-refractivity contribution in [3.8, 4) is 5.75 Å². The summed E-state index contributed by atoms with van der Waals surface area (Å²) in [6.45, 7) is 4.57. The molecule has 0 fully saturated rings. The molecule has 0 atom stereocenters. The molecule has 7 heteroatoms. The summed E-state index contributed by atoms with van der Waals surface area (Å²) in [5.41, 5.74) is 2.59. The van der Waals surface area contributed by atoms with Crippen LogP contribution in [-0.2, 0) is 11.3 Å². The van der Waals surface area contributed by atoms with Gasteiger partial charge in [-0.2, -0.15) is 0 Å². The number of rotatable bonds is 6. The van der Waals surface area contributed by atoms with Crippen molar-refractivity contribution >= 4 is 17.5 Å². The lowest BCUT2D eigenvalue weighted by Gasteiger charge is -2.31. The van der Waals surface area contributed by atoms with Gasteiger partial charge in [0.1, 0.15) is 12.4 Å². The quantitative estimate of drug-likeness (QED) is 0.795. The third-order valence-electron chi connectivity index (χ3n) is 3.80. The number of anilines is 2. The Morgan fingerprint density at radius 1 is 1.50 bits per heavy atom. The molecule has 0 saturated heterocycles. The summed E-state index contributed by atoms with van der Waals surface area (Å²) in [4.78, 5) is 21.2. The number of benzene rings is 1. The molecule has 1 aliphatic rings. The second-order valence-corrected chi connectivity index (χ2v) is 5.63. The molecule has 3 rings (SSSR count). The Morgan fingerprint density at radius 3 is 3.21 bits per heavy atom. The monoisotopic (exact) mass is 330 g/mol. The number of nitrogens with zero attached hydrogens (tertiary/aromatic N) is 2. The summed E-state index contributed by atoms with van der Waals surface area (Å²) < 4.78 is 10.8. The first-order valence-corrected chi connectivity index (χ1v) is 8.19. The van der Waals surface area contributed by atoms with Crippen LogP contribution < -0.4 is 15.0 Å². The minimum atomic E-state index is -0.432. The van der Waals surface area contributed by atoms with E-state index in [1.165, 1.54) is 0 Å². The van der Waals surface area contributed by atoms with Crippen molar-refractivity contribution in [3.63, 3.8) is 0 Å². The second kappa shape index (κ2) is 7.72. The molecule has 0 spiro atoms. The van der Waals surface area contributed by atoms with E-state index in [0.29, 0.717) is 25.4 Å². The molecule has 0 aliphatic carbocycles. The number of hydrogen-bond donors (Lipinski definition) is 2. The number of H-pyrrole nitrogens is 1. The molecule has 1 aliphatic heterocycles. The van der Waals surface area contributed by atoms with E-state index in [4.69, 9.17) is 9.47 Å². The summed E-state index contributed by atoms with van der Waals surface area (Å²) in [5.74, 6) is 0.807. The molecule has 0 saturated carbocycles. The van der Waals surface area contributed by atoms with E-state index in [-0.39, 0.29) is 0 Å². The number of imidazole rings is 1. The minimum Gasteiger partial charge on any atom is -0.490 e. The Labute approximate surface area is 141 Å². The highest BCUT2D eigenvalue weighted by molar-refractivity contribution is 5.86. The number of aromatic amines is 1. The van der Waals surface area contributed by atoms with Crippen molar-refractivity contribution in [2.45, 2.75) is 26.3 Å². The molecule has 0 radical (unpaired) electrons. The fraction of sp³-hybridized carbons (Fsp3) is 0.412. The van der Waals surface area contributed by atoms with E-state index < -0.39 is 6.09 Å². The molecule has 2 aromatic rings. The van der Waals surface area contributed by atoms with E-state index in [0.717, 1.165) is 36.5 Å². The molecule has 7 nitrogen and oxygen atoms in total. The predicted octanol–water partition coefficient (Wildman–Crippen LogP) is 3.16. The lowest BCUT2D eigenvalue weighted by atomic mass is 10.2. The largest absolute Gasteiger partial charge is 0.490 e. The second-order valence-electron chi connectivity index (χ2n) is 5.63.